The van der Waals surface area contributed by atoms with Gasteiger partial charge in [-0.25, -0.2) is 5.43 Å². The van der Waals surface area contributed by atoms with Crippen LogP contribution in [0.3, 0.4) is 0 Å². The molecule has 0 aliphatic carbocycles. The largest absolute Gasteiger partial charge is 0.484 e. The fourth-order valence-electron chi connectivity index (χ4n) is 1.92. The zero-order valence-electron chi connectivity index (χ0n) is 13.9. The second-order valence-electron chi connectivity index (χ2n) is 5.42. The molecule has 126 valence electrons. The number of carbonyl (C=O) groups excluding carboxylic acids is 1. The van der Waals surface area contributed by atoms with E-state index in [-0.39, 0.29) is 12.5 Å². The zero-order chi connectivity index (χ0) is 17.5. The standard InChI is InChI=1S/C18H20ClN3O2/c1-13(14-4-8-16(9-5-14)22(2)3)20-21-18(23)12-24-17-10-6-15(19)7-11-17/h4-11H,12H2,1-3H3,(H,21,23)/b20-13+. The first-order valence-electron chi connectivity index (χ1n) is 7.45. The monoisotopic (exact) mass is 345 g/mol. The van der Waals surface area contributed by atoms with Crippen LogP contribution >= 0.6 is 11.6 Å². The fourth-order valence-corrected chi connectivity index (χ4v) is 2.05. The number of anilines is 1. The summed E-state index contributed by atoms with van der Waals surface area (Å²) in [4.78, 5) is 13.8. The van der Waals surface area contributed by atoms with Gasteiger partial charge < -0.3 is 9.64 Å². The van der Waals surface area contributed by atoms with Crippen LogP contribution in [0.4, 0.5) is 5.69 Å². The molecule has 0 aromatic heterocycles. The van der Waals surface area contributed by atoms with Crippen molar-refractivity contribution in [2.45, 2.75) is 6.92 Å². The molecule has 0 aliphatic heterocycles. The normalized spacial score (nSPS) is 11.1. The lowest BCUT2D eigenvalue weighted by Gasteiger charge is -2.12. The van der Waals surface area contributed by atoms with Gasteiger partial charge >= 0.3 is 0 Å². The van der Waals surface area contributed by atoms with Crippen molar-refractivity contribution in [3.63, 3.8) is 0 Å². The number of halogens is 1. The van der Waals surface area contributed by atoms with E-state index >= 15 is 0 Å². The molecule has 0 fully saturated rings. The minimum absolute atomic E-state index is 0.113. The molecular formula is C18H20ClN3O2. The van der Waals surface area contributed by atoms with Crippen LogP contribution in [0.5, 0.6) is 5.75 Å². The Morgan fingerprint density at radius 2 is 1.75 bits per heavy atom. The molecule has 0 radical (unpaired) electrons. The number of hydrogen-bond donors (Lipinski definition) is 1. The van der Waals surface area contributed by atoms with E-state index in [1.807, 2.05) is 50.2 Å². The molecule has 0 aliphatic rings. The lowest BCUT2D eigenvalue weighted by molar-refractivity contribution is -0.123. The minimum atomic E-state index is -0.325. The van der Waals surface area contributed by atoms with Gasteiger partial charge in [-0.15, -0.1) is 0 Å². The van der Waals surface area contributed by atoms with Crippen LogP contribution in [0, 0.1) is 0 Å². The van der Waals surface area contributed by atoms with E-state index in [2.05, 4.69) is 10.5 Å². The highest BCUT2D eigenvalue weighted by molar-refractivity contribution is 6.30. The Hall–Kier alpha value is -2.53. The van der Waals surface area contributed by atoms with Crippen molar-refractivity contribution in [3.05, 3.63) is 59.1 Å². The number of nitrogens with zero attached hydrogens (tertiary/aromatic N) is 2. The molecule has 24 heavy (non-hydrogen) atoms. The minimum Gasteiger partial charge on any atom is -0.484 e. The van der Waals surface area contributed by atoms with Gasteiger partial charge in [0.05, 0.1) is 5.71 Å². The Morgan fingerprint density at radius 3 is 2.33 bits per heavy atom. The number of amides is 1. The fraction of sp³-hybridized carbons (Fsp3) is 0.222. The topological polar surface area (TPSA) is 53.9 Å². The zero-order valence-corrected chi connectivity index (χ0v) is 14.7. The Labute approximate surface area is 146 Å². The van der Waals surface area contributed by atoms with Crippen molar-refractivity contribution in [3.8, 4) is 5.75 Å². The summed E-state index contributed by atoms with van der Waals surface area (Å²) in [6.07, 6.45) is 0. The van der Waals surface area contributed by atoms with Gasteiger partial charge in [0.25, 0.3) is 5.91 Å². The van der Waals surface area contributed by atoms with Crippen LogP contribution in [0.1, 0.15) is 12.5 Å². The number of carbonyl (C=O) groups is 1. The molecule has 1 N–H and O–H groups in total. The average Bonchev–Trinajstić information content (AvgIpc) is 2.59. The molecule has 0 unspecified atom stereocenters. The van der Waals surface area contributed by atoms with Crippen molar-refractivity contribution < 1.29 is 9.53 Å². The average molecular weight is 346 g/mol. The third kappa shape index (κ3) is 5.28. The van der Waals surface area contributed by atoms with Crippen molar-refractivity contribution >= 4 is 28.9 Å². The number of benzene rings is 2. The SMILES string of the molecule is C/C(=N\NC(=O)COc1ccc(Cl)cc1)c1ccc(N(C)C)cc1. The Bertz CT molecular complexity index is 710. The Balaban J connectivity index is 1.86. The Morgan fingerprint density at radius 1 is 1.12 bits per heavy atom. The smallest absolute Gasteiger partial charge is 0.277 e. The summed E-state index contributed by atoms with van der Waals surface area (Å²) in [6.45, 7) is 1.73. The van der Waals surface area contributed by atoms with Gasteiger partial charge in [0.15, 0.2) is 6.61 Å². The van der Waals surface area contributed by atoms with Crippen LogP contribution < -0.4 is 15.1 Å². The summed E-state index contributed by atoms with van der Waals surface area (Å²) in [5, 5.41) is 4.72. The molecule has 0 spiro atoms. The lowest BCUT2D eigenvalue weighted by Crippen LogP contribution is -2.25. The first-order chi connectivity index (χ1) is 11.5. The van der Waals surface area contributed by atoms with Crippen LogP contribution in [-0.2, 0) is 4.79 Å². The molecule has 0 atom stereocenters. The summed E-state index contributed by atoms with van der Waals surface area (Å²) in [7, 11) is 3.97. The van der Waals surface area contributed by atoms with Gasteiger partial charge in [-0.2, -0.15) is 5.10 Å². The van der Waals surface area contributed by atoms with Crippen LogP contribution in [0.15, 0.2) is 53.6 Å². The van der Waals surface area contributed by atoms with Crippen LogP contribution in [-0.4, -0.2) is 32.3 Å². The molecule has 2 aromatic carbocycles. The number of hydrogen-bond acceptors (Lipinski definition) is 4. The van der Waals surface area contributed by atoms with Gasteiger partial charge in [-0.05, 0) is 48.9 Å². The lowest BCUT2D eigenvalue weighted by atomic mass is 10.1. The van der Waals surface area contributed by atoms with Crippen LogP contribution in [0.25, 0.3) is 0 Å². The maximum absolute atomic E-state index is 11.8. The van der Waals surface area contributed by atoms with Crippen LogP contribution in [0.2, 0.25) is 5.02 Å². The van der Waals surface area contributed by atoms with Gasteiger partial charge in [-0.1, -0.05) is 23.7 Å². The molecule has 5 nitrogen and oxygen atoms in total. The van der Waals surface area contributed by atoms with Gasteiger partial charge in [0.2, 0.25) is 0 Å². The maximum Gasteiger partial charge on any atom is 0.277 e. The van der Waals surface area contributed by atoms with Gasteiger partial charge in [0, 0.05) is 24.8 Å². The number of ether oxygens (including phenoxy) is 1. The second kappa shape index (κ2) is 8.36. The first-order valence-corrected chi connectivity index (χ1v) is 7.83. The summed E-state index contributed by atoms with van der Waals surface area (Å²) in [5.74, 6) is 0.253. The molecule has 2 aromatic rings. The predicted molar refractivity (Wildman–Crippen MR) is 98.1 cm³/mol. The van der Waals surface area contributed by atoms with Crippen molar-refractivity contribution in [2.75, 3.05) is 25.6 Å². The number of hydrazone groups is 1. The highest BCUT2D eigenvalue weighted by atomic mass is 35.5. The van der Waals surface area contributed by atoms with E-state index in [4.69, 9.17) is 16.3 Å². The molecule has 6 heteroatoms. The van der Waals surface area contributed by atoms with E-state index in [1.54, 1.807) is 24.3 Å². The van der Waals surface area contributed by atoms with E-state index in [1.165, 1.54) is 0 Å². The third-order valence-corrected chi connectivity index (χ3v) is 3.59. The third-order valence-electron chi connectivity index (χ3n) is 3.33. The quantitative estimate of drug-likeness (QED) is 0.645. The molecule has 2 rings (SSSR count). The molecule has 0 heterocycles. The molecule has 0 bridgehead atoms. The summed E-state index contributed by atoms with van der Waals surface area (Å²) in [6, 6.07) is 14.7. The van der Waals surface area contributed by atoms with Crippen molar-refractivity contribution in [1.29, 1.82) is 0 Å². The van der Waals surface area contributed by atoms with E-state index in [9.17, 15) is 4.79 Å². The Kier molecular flexibility index (Phi) is 6.21. The first kappa shape index (κ1) is 17.8. The van der Waals surface area contributed by atoms with Gasteiger partial charge in [0.1, 0.15) is 5.75 Å². The number of rotatable bonds is 6. The summed E-state index contributed by atoms with van der Waals surface area (Å²) < 4.78 is 5.36. The van der Waals surface area contributed by atoms with E-state index in [0.717, 1.165) is 17.0 Å². The highest BCUT2D eigenvalue weighted by Gasteiger charge is 2.04. The maximum atomic E-state index is 11.8. The molecule has 0 saturated carbocycles. The predicted octanol–water partition coefficient (Wildman–Crippen LogP) is 3.33. The highest BCUT2D eigenvalue weighted by Crippen LogP contribution is 2.15. The summed E-state index contributed by atoms with van der Waals surface area (Å²) >= 11 is 5.79. The molecule has 1 amide bonds. The second-order valence-corrected chi connectivity index (χ2v) is 5.85. The van der Waals surface area contributed by atoms with E-state index in [0.29, 0.717) is 10.8 Å². The summed E-state index contributed by atoms with van der Waals surface area (Å²) in [5.41, 5.74) is 5.26. The van der Waals surface area contributed by atoms with Crippen molar-refractivity contribution in [2.24, 2.45) is 5.10 Å². The molecule has 0 saturated heterocycles. The van der Waals surface area contributed by atoms with E-state index < -0.39 is 0 Å². The number of nitrogens with one attached hydrogen (secondary N) is 1. The van der Waals surface area contributed by atoms with Crippen molar-refractivity contribution in [1.82, 2.24) is 5.43 Å². The van der Waals surface area contributed by atoms with Gasteiger partial charge in [-0.3, -0.25) is 4.79 Å². The molecular weight excluding hydrogens is 326 g/mol.